The summed E-state index contributed by atoms with van der Waals surface area (Å²) in [6, 6.07) is 17.6. The summed E-state index contributed by atoms with van der Waals surface area (Å²) in [5, 5.41) is 17.7. The number of para-hydroxylation sites is 1. The van der Waals surface area contributed by atoms with Crippen LogP contribution in [-0.2, 0) is 38.6 Å². The standard InChI is InChI=1S/C81H98ClN17O13S3/c1-48(2)112-64-42-57(50(5)41-62(64)89-80-86-45-59(82)74(92-80)88-60-20-14-15-22-65(60)115(110,111)49(3)4)53-29-32-96(33-30-53)70(104)23-10-8-9-11-24-71(105)97(47-69(103)87-61-21-16-19-56-73(61)79(109)99(77(56)107)63-26-28-67(101)91-76(63)106)38-40-114-113-39-31-83-68(102)46-94-34-36-95(37-35-94)55-25-27-66(84-43-55)90-81-85-44-58-51(6)72(52(7)100)78(108)98(75(58)93-81)54-17-12-13-18-54/h14-16,19-22,25,27,41-45,48-49,53-54,63H,8-13,17-18,23-24,26,28-40,46-47H2,1-7H3,(H,83,102)(H,87,103)(H,91,101,106)(H,84,85,90,93)(H2,86,88,89,92). The molecule has 4 aliphatic heterocycles. The number of pyridine rings is 2. The number of carbonyl (C=O) groups excluding carboxylic acids is 9. The van der Waals surface area contributed by atoms with Crippen LogP contribution in [-0.4, -0.2) is 205 Å². The molecular weight excluding hydrogens is 1550 g/mol. The number of aromatic nitrogens is 6. The van der Waals surface area contributed by atoms with E-state index in [9.17, 15) is 56.4 Å². The van der Waals surface area contributed by atoms with Gasteiger partial charge in [0.1, 0.15) is 28.3 Å². The number of Topliss-reactive ketones (excluding diaryl/α,β-unsaturated/α-hetero) is 1. The van der Waals surface area contributed by atoms with Gasteiger partial charge in [0.25, 0.3) is 17.4 Å². The van der Waals surface area contributed by atoms with Gasteiger partial charge < -0.3 is 46.0 Å². The maximum absolute atomic E-state index is 14.1. The molecule has 8 heterocycles. The van der Waals surface area contributed by atoms with Gasteiger partial charge in [0.15, 0.2) is 21.4 Å². The molecule has 610 valence electrons. The number of hydrogen-bond donors (Lipinski definition) is 6. The number of benzene rings is 3. The number of rotatable bonds is 34. The Labute approximate surface area is 680 Å². The van der Waals surface area contributed by atoms with E-state index >= 15 is 0 Å². The lowest BCUT2D eigenvalue weighted by Crippen LogP contribution is -2.54. The van der Waals surface area contributed by atoms with Crippen molar-refractivity contribution < 1.29 is 56.3 Å². The fraction of sp³-hybridized carbons (Fsp3) is 0.469. The van der Waals surface area contributed by atoms with Gasteiger partial charge in [-0.3, -0.25) is 67.6 Å². The normalized spacial score (nSPS) is 16.3. The minimum absolute atomic E-state index is 0.00751. The van der Waals surface area contributed by atoms with E-state index < -0.39 is 50.7 Å². The van der Waals surface area contributed by atoms with Crippen molar-refractivity contribution in [1.29, 1.82) is 0 Å². The number of amides is 8. The van der Waals surface area contributed by atoms with E-state index in [1.165, 1.54) is 57.8 Å². The molecule has 12 rings (SSSR count). The van der Waals surface area contributed by atoms with Crippen LogP contribution in [0.4, 0.5) is 46.3 Å². The SMILES string of the molecule is CC(=O)c1c(C)c2cnc(Nc3ccc(N4CCN(CC(=O)NCCSSCCN(CC(=O)Nc5cccc6c5C(=O)N(C5CCC(=O)NC5=O)C6=O)C(=O)CCCCCCC(=O)N5CCC(c6cc(OC(C)C)c(Nc7ncc(Cl)c(Nc8ccccc8S(=O)(=O)C(C)C)n7)cc6C)CC5)CC4)cn3)nc2n(C2CCCC2)c1=O. The number of piperidine rings is 2. The van der Waals surface area contributed by atoms with Crippen LogP contribution in [0.2, 0.25) is 5.02 Å². The summed E-state index contributed by atoms with van der Waals surface area (Å²) in [6.45, 7) is 16.6. The fourth-order valence-corrected chi connectivity index (χ4v) is 18.6. The summed E-state index contributed by atoms with van der Waals surface area (Å²) in [5.41, 5.74) is 4.86. The average molecular weight is 1650 g/mol. The molecule has 3 saturated heterocycles. The Balaban J connectivity index is 0.586. The molecule has 4 fully saturated rings. The third kappa shape index (κ3) is 20.4. The molecule has 3 aromatic carbocycles. The fourth-order valence-electron chi connectivity index (χ4n) is 15.4. The first-order valence-electron chi connectivity index (χ1n) is 39.3. The number of halogens is 1. The minimum atomic E-state index is -3.64. The Hall–Kier alpha value is -10.1. The number of hydrogen-bond acceptors (Lipinski definition) is 25. The molecule has 8 amide bonds. The molecule has 115 heavy (non-hydrogen) atoms. The Kier molecular flexibility index (Phi) is 27.9. The van der Waals surface area contributed by atoms with Crippen molar-refractivity contribution in [2.24, 2.45) is 0 Å². The van der Waals surface area contributed by atoms with Gasteiger partial charge in [0.05, 0.1) is 81.2 Å². The zero-order chi connectivity index (χ0) is 81.8. The molecule has 0 bridgehead atoms. The van der Waals surface area contributed by atoms with Crippen LogP contribution in [0.1, 0.15) is 184 Å². The number of imide groups is 2. The second-order valence-electron chi connectivity index (χ2n) is 30.1. The summed E-state index contributed by atoms with van der Waals surface area (Å²) in [6.07, 6.45) is 12.7. The maximum Gasteiger partial charge on any atom is 0.264 e. The van der Waals surface area contributed by atoms with Crippen LogP contribution in [0, 0.1) is 13.8 Å². The molecule has 1 saturated carbocycles. The highest BCUT2D eigenvalue weighted by atomic mass is 35.5. The number of nitrogens with zero attached hydrogens (tertiary/aromatic N) is 11. The minimum Gasteiger partial charge on any atom is -0.489 e. The molecule has 0 radical (unpaired) electrons. The second-order valence-corrected chi connectivity index (χ2v) is 35.7. The Morgan fingerprint density at radius 3 is 2.16 bits per heavy atom. The van der Waals surface area contributed by atoms with Crippen molar-refractivity contribution in [2.45, 2.75) is 173 Å². The molecule has 6 N–H and O–H groups in total. The largest absolute Gasteiger partial charge is 0.489 e. The quantitative estimate of drug-likeness (QED) is 0.00944. The maximum atomic E-state index is 14.1. The Morgan fingerprint density at radius 1 is 0.730 bits per heavy atom. The highest BCUT2D eigenvalue weighted by molar-refractivity contribution is 8.76. The van der Waals surface area contributed by atoms with Crippen molar-refractivity contribution in [3.8, 4) is 5.75 Å². The van der Waals surface area contributed by atoms with Gasteiger partial charge in [-0.05, 0) is 165 Å². The van der Waals surface area contributed by atoms with Gasteiger partial charge >= 0.3 is 0 Å². The van der Waals surface area contributed by atoms with Gasteiger partial charge in [0, 0.05) is 101 Å². The van der Waals surface area contributed by atoms with Crippen LogP contribution in [0.15, 0.2) is 95.0 Å². The number of ether oxygens (including phenoxy) is 1. The van der Waals surface area contributed by atoms with Crippen LogP contribution < -0.4 is 47.1 Å². The molecule has 1 atom stereocenters. The molecule has 1 aliphatic carbocycles. The highest BCUT2D eigenvalue weighted by Crippen LogP contribution is 2.41. The number of fused-ring (bicyclic) bond motifs is 2. The molecular formula is C81H98ClN17O13S3. The number of piperazine rings is 1. The highest BCUT2D eigenvalue weighted by Gasteiger charge is 2.46. The first-order chi connectivity index (χ1) is 55.2. The number of likely N-dealkylation sites (tertiary alicyclic amines) is 1. The lowest BCUT2D eigenvalue weighted by Gasteiger charge is -2.35. The number of sulfone groups is 1. The van der Waals surface area contributed by atoms with E-state index in [-0.39, 0.29) is 136 Å². The molecule has 4 aromatic heterocycles. The summed E-state index contributed by atoms with van der Waals surface area (Å²) in [4.78, 5) is 165. The van der Waals surface area contributed by atoms with E-state index in [1.807, 2.05) is 49.9 Å². The second kappa shape index (κ2) is 38.1. The zero-order valence-electron chi connectivity index (χ0n) is 65.7. The van der Waals surface area contributed by atoms with Gasteiger partial charge in [0.2, 0.25) is 47.3 Å². The third-order valence-electron chi connectivity index (χ3n) is 21.4. The van der Waals surface area contributed by atoms with Gasteiger partial charge in [-0.1, -0.05) is 77.1 Å². The van der Waals surface area contributed by atoms with E-state index in [1.54, 1.807) is 62.0 Å². The zero-order valence-corrected chi connectivity index (χ0v) is 68.9. The topological polar surface area (TPSA) is 372 Å². The van der Waals surface area contributed by atoms with Gasteiger partial charge in [-0.15, -0.1) is 0 Å². The lowest BCUT2D eigenvalue weighted by atomic mass is 9.86. The Morgan fingerprint density at radius 2 is 1.44 bits per heavy atom. The van der Waals surface area contributed by atoms with Crippen LogP contribution >= 0.6 is 33.2 Å². The van der Waals surface area contributed by atoms with Gasteiger partial charge in [-0.2, -0.15) is 9.97 Å². The van der Waals surface area contributed by atoms with Crippen molar-refractivity contribution in [1.82, 2.24) is 59.7 Å². The number of anilines is 8. The van der Waals surface area contributed by atoms with Crippen LogP contribution in [0.5, 0.6) is 5.75 Å². The lowest BCUT2D eigenvalue weighted by molar-refractivity contribution is -0.136. The number of carbonyl (C=O) groups is 9. The van der Waals surface area contributed by atoms with Crippen molar-refractivity contribution in [3.63, 3.8) is 0 Å². The van der Waals surface area contributed by atoms with Crippen LogP contribution in [0.25, 0.3) is 11.0 Å². The Bertz CT molecular complexity index is 5030. The van der Waals surface area contributed by atoms with Gasteiger partial charge in [-0.25, -0.2) is 23.4 Å². The molecule has 34 heteroatoms. The predicted molar refractivity (Wildman–Crippen MR) is 444 cm³/mol. The number of aryl methyl sites for hydroxylation is 2. The molecule has 1 unspecified atom stereocenters. The van der Waals surface area contributed by atoms with E-state index in [0.29, 0.717) is 129 Å². The van der Waals surface area contributed by atoms with E-state index in [4.69, 9.17) is 21.3 Å². The third-order valence-corrected chi connectivity index (χ3v) is 26.3. The number of nitrogens with one attached hydrogen (secondary N) is 6. The average Bonchev–Trinajstić information content (AvgIpc) is 1.70. The molecule has 0 spiro atoms. The van der Waals surface area contributed by atoms with Crippen molar-refractivity contribution in [2.75, 3.05) is 103 Å². The molecule has 7 aromatic rings. The molecule has 30 nitrogen and oxygen atoms in total. The number of unbranched alkanes of at least 4 members (excludes halogenated alkanes) is 3. The first-order valence-corrected chi connectivity index (χ1v) is 43.7. The summed E-state index contributed by atoms with van der Waals surface area (Å²) in [7, 11) is -0.631. The summed E-state index contributed by atoms with van der Waals surface area (Å²) >= 11 is 6.57. The first kappa shape index (κ1) is 84.3. The monoisotopic (exact) mass is 1650 g/mol. The smallest absolute Gasteiger partial charge is 0.264 e. The number of ketones is 1. The van der Waals surface area contributed by atoms with Crippen molar-refractivity contribution >= 4 is 153 Å². The predicted octanol–water partition coefficient (Wildman–Crippen LogP) is 11.0. The van der Waals surface area contributed by atoms with Crippen LogP contribution in [0.3, 0.4) is 0 Å². The summed E-state index contributed by atoms with van der Waals surface area (Å²) < 4.78 is 34.5. The molecule has 5 aliphatic rings. The van der Waals surface area contributed by atoms with E-state index in [2.05, 4.69) is 61.6 Å². The van der Waals surface area contributed by atoms with Crippen molar-refractivity contribution in [3.05, 3.63) is 134 Å². The van der Waals surface area contributed by atoms with E-state index in [0.717, 1.165) is 60.2 Å². The summed E-state index contributed by atoms with van der Waals surface area (Å²) in [5.74, 6) is -1.00.